The van der Waals surface area contributed by atoms with Gasteiger partial charge in [0.25, 0.3) is 0 Å². The number of hydrogen-bond donors (Lipinski definition) is 2. The minimum Gasteiger partial charge on any atom is -0.497 e. The Morgan fingerprint density at radius 3 is 2.61 bits per heavy atom. The second kappa shape index (κ2) is 5.92. The Kier molecular flexibility index (Phi) is 3.59. The lowest BCUT2D eigenvalue weighted by molar-refractivity contribution is -0.118. The summed E-state index contributed by atoms with van der Waals surface area (Å²) in [5.41, 5.74) is 6.48. The van der Waals surface area contributed by atoms with Crippen LogP contribution in [0.1, 0.15) is 43.7 Å². The van der Waals surface area contributed by atoms with Crippen molar-refractivity contribution in [2.24, 2.45) is 5.41 Å². The topological polar surface area (TPSA) is 79.9 Å². The third kappa shape index (κ3) is 2.52. The third-order valence-corrected chi connectivity index (χ3v) is 5.76. The Bertz CT molecular complexity index is 1130. The molecule has 0 radical (unpaired) electrons. The van der Waals surface area contributed by atoms with E-state index in [1.807, 2.05) is 36.4 Å². The van der Waals surface area contributed by atoms with Gasteiger partial charge in [-0.3, -0.25) is 4.79 Å². The minimum absolute atomic E-state index is 0.0527. The molecule has 142 valence electrons. The number of carbonyl (C=O) groups is 1. The fourth-order valence-corrected chi connectivity index (χ4v) is 4.55. The van der Waals surface area contributed by atoms with Gasteiger partial charge in [-0.25, -0.2) is 0 Å². The van der Waals surface area contributed by atoms with Crippen LogP contribution < -0.4 is 10.1 Å². The molecular weight excluding hydrogens is 352 g/mol. The molecule has 5 rings (SSSR count). The number of aromatic nitrogens is 3. The highest BCUT2D eigenvalue weighted by Crippen LogP contribution is 2.50. The summed E-state index contributed by atoms with van der Waals surface area (Å²) in [5.74, 6) is 0.822. The Balaban J connectivity index is 1.77. The van der Waals surface area contributed by atoms with Crippen molar-refractivity contribution < 1.29 is 9.53 Å². The summed E-state index contributed by atoms with van der Waals surface area (Å²) in [6.07, 6.45) is 1.39. The van der Waals surface area contributed by atoms with Gasteiger partial charge in [0.1, 0.15) is 16.8 Å². The summed E-state index contributed by atoms with van der Waals surface area (Å²) in [6, 6.07) is 11.9. The number of anilines is 1. The van der Waals surface area contributed by atoms with Crippen LogP contribution in [0.15, 0.2) is 47.7 Å². The van der Waals surface area contributed by atoms with Crippen molar-refractivity contribution in [2.45, 2.75) is 32.6 Å². The van der Waals surface area contributed by atoms with E-state index >= 15 is 0 Å². The first-order chi connectivity index (χ1) is 13.5. The average Bonchev–Trinajstić information content (AvgIpc) is 3.14. The van der Waals surface area contributed by atoms with Crippen LogP contribution in [0.4, 0.5) is 5.69 Å². The fourth-order valence-electron chi connectivity index (χ4n) is 4.55. The zero-order chi connectivity index (χ0) is 19.5. The number of nitrogens with zero attached hydrogens (tertiary/aromatic N) is 2. The molecule has 6 nitrogen and oxygen atoms in total. The standard InChI is InChI=1S/C22H22N4O2/c1-22(2)10-16-19(17(27)11-22)18(12-4-6-13(28-3)7-5-12)20-14(23-16)8-9-15-21(20)25-26-24-15/h4-9,18,23H,10-11H2,1-3H3,(H,24,25,26). The molecule has 3 aromatic rings. The number of ether oxygens (including phenoxy) is 1. The molecule has 2 N–H and O–H groups in total. The summed E-state index contributed by atoms with van der Waals surface area (Å²) >= 11 is 0. The Hall–Kier alpha value is -3.15. The Morgan fingerprint density at radius 2 is 1.86 bits per heavy atom. The van der Waals surface area contributed by atoms with Gasteiger partial charge >= 0.3 is 0 Å². The highest BCUT2D eigenvalue weighted by Gasteiger charge is 2.41. The summed E-state index contributed by atoms with van der Waals surface area (Å²) in [4.78, 5) is 13.3. The van der Waals surface area contributed by atoms with Crippen molar-refractivity contribution in [3.8, 4) is 5.75 Å². The molecule has 1 atom stereocenters. The lowest BCUT2D eigenvalue weighted by Gasteiger charge is -2.39. The maximum absolute atomic E-state index is 13.3. The van der Waals surface area contributed by atoms with Gasteiger partial charge < -0.3 is 10.1 Å². The van der Waals surface area contributed by atoms with E-state index in [4.69, 9.17) is 4.74 Å². The van der Waals surface area contributed by atoms with Crippen LogP contribution >= 0.6 is 0 Å². The second-order valence-electron chi connectivity index (χ2n) is 8.38. The number of Topliss-reactive ketones (excluding diaryl/α,β-unsaturated/α-hetero) is 1. The first-order valence-corrected chi connectivity index (χ1v) is 9.47. The highest BCUT2D eigenvalue weighted by atomic mass is 16.5. The number of H-pyrrole nitrogens is 1. The number of ketones is 1. The van der Waals surface area contributed by atoms with Crippen molar-refractivity contribution in [2.75, 3.05) is 12.4 Å². The van der Waals surface area contributed by atoms with Crippen LogP contribution in [0.2, 0.25) is 0 Å². The zero-order valence-electron chi connectivity index (χ0n) is 16.2. The first kappa shape index (κ1) is 17.0. The lowest BCUT2D eigenvalue weighted by Crippen LogP contribution is -2.33. The van der Waals surface area contributed by atoms with Gasteiger partial charge in [-0.15, -0.1) is 0 Å². The normalized spacial score (nSPS) is 20.5. The first-order valence-electron chi connectivity index (χ1n) is 9.47. The van der Waals surface area contributed by atoms with E-state index in [1.165, 1.54) is 0 Å². The molecule has 2 heterocycles. The van der Waals surface area contributed by atoms with E-state index in [1.54, 1.807) is 7.11 Å². The fraction of sp³-hybridized carbons (Fsp3) is 0.318. The molecule has 0 fully saturated rings. The number of rotatable bonds is 2. The van der Waals surface area contributed by atoms with E-state index in [0.29, 0.717) is 6.42 Å². The number of nitrogens with one attached hydrogen (secondary N) is 2. The highest BCUT2D eigenvalue weighted by molar-refractivity contribution is 6.03. The summed E-state index contributed by atoms with van der Waals surface area (Å²) < 4.78 is 5.32. The van der Waals surface area contributed by atoms with E-state index < -0.39 is 0 Å². The molecule has 1 unspecified atom stereocenters. The number of methoxy groups -OCH3 is 1. The molecule has 0 amide bonds. The third-order valence-electron chi connectivity index (χ3n) is 5.76. The SMILES string of the molecule is COc1ccc(C2C3=C(CC(C)(C)CC3=O)Nc3ccc4n[nH]nc4c32)cc1. The Morgan fingerprint density at radius 1 is 1.07 bits per heavy atom. The van der Waals surface area contributed by atoms with Crippen LogP contribution in [-0.4, -0.2) is 28.3 Å². The average molecular weight is 374 g/mol. The van der Waals surface area contributed by atoms with Crippen LogP contribution in [-0.2, 0) is 4.79 Å². The van der Waals surface area contributed by atoms with Crippen LogP contribution in [0.5, 0.6) is 5.75 Å². The summed E-state index contributed by atoms with van der Waals surface area (Å²) in [6.45, 7) is 4.30. The summed E-state index contributed by atoms with van der Waals surface area (Å²) in [7, 11) is 1.65. The van der Waals surface area contributed by atoms with Gasteiger partial charge in [0.05, 0.1) is 7.11 Å². The van der Waals surface area contributed by atoms with Crippen molar-refractivity contribution in [1.29, 1.82) is 0 Å². The maximum atomic E-state index is 13.3. The molecule has 28 heavy (non-hydrogen) atoms. The molecule has 1 aliphatic heterocycles. The number of aromatic amines is 1. The molecule has 0 bridgehead atoms. The summed E-state index contributed by atoms with van der Waals surface area (Å²) in [5, 5.41) is 14.9. The van der Waals surface area contributed by atoms with Gasteiger partial charge in [0, 0.05) is 34.9 Å². The van der Waals surface area contributed by atoms with Crippen LogP contribution in [0.3, 0.4) is 0 Å². The maximum Gasteiger partial charge on any atom is 0.162 e. The molecule has 0 saturated heterocycles. The van der Waals surface area contributed by atoms with Crippen LogP contribution in [0.25, 0.3) is 11.0 Å². The predicted octanol–water partition coefficient (Wildman–Crippen LogP) is 4.17. The molecule has 6 heteroatoms. The molecule has 2 aliphatic rings. The smallest absolute Gasteiger partial charge is 0.162 e. The molecule has 0 saturated carbocycles. The van der Waals surface area contributed by atoms with Crippen molar-refractivity contribution in [3.05, 3.63) is 58.8 Å². The number of allylic oxidation sites excluding steroid dienone is 2. The quantitative estimate of drug-likeness (QED) is 0.704. The second-order valence-corrected chi connectivity index (χ2v) is 8.38. The van der Waals surface area contributed by atoms with Crippen LogP contribution in [0, 0.1) is 5.41 Å². The van der Waals surface area contributed by atoms with E-state index in [0.717, 1.165) is 51.3 Å². The van der Waals surface area contributed by atoms with Crippen molar-refractivity contribution in [3.63, 3.8) is 0 Å². The predicted molar refractivity (Wildman–Crippen MR) is 107 cm³/mol. The van der Waals surface area contributed by atoms with Gasteiger partial charge in [0.15, 0.2) is 5.78 Å². The lowest BCUT2D eigenvalue weighted by atomic mass is 9.68. The molecule has 1 aliphatic carbocycles. The van der Waals surface area contributed by atoms with Crippen molar-refractivity contribution in [1.82, 2.24) is 15.4 Å². The number of fused-ring (bicyclic) bond motifs is 3. The van der Waals surface area contributed by atoms with Gasteiger partial charge in [-0.05, 0) is 41.7 Å². The van der Waals surface area contributed by atoms with Crippen molar-refractivity contribution >= 4 is 22.5 Å². The largest absolute Gasteiger partial charge is 0.497 e. The van der Waals surface area contributed by atoms with Gasteiger partial charge in [0.2, 0.25) is 0 Å². The van der Waals surface area contributed by atoms with Gasteiger partial charge in [-0.1, -0.05) is 26.0 Å². The van der Waals surface area contributed by atoms with E-state index in [-0.39, 0.29) is 17.1 Å². The van der Waals surface area contributed by atoms with E-state index in [9.17, 15) is 4.79 Å². The number of carbonyl (C=O) groups excluding carboxylic acids is 1. The Labute approximate surface area is 163 Å². The molecule has 1 aromatic heterocycles. The van der Waals surface area contributed by atoms with E-state index in [2.05, 4.69) is 34.6 Å². The minimum atomic E-state index is -0.172. The zero-order valence-corrected chi connectivity index (χ0v) is 16.2. The number of hydrogen-bond acceptors (Lipinski definition) is 5. The van der Waals surface area contributed by atoms with Gasteiger partial charge in [-0.2, -0.15) is 15.4 Å². The molecular formula is C22H22N4O2. The molecule has 2 aromatic carbocycles. The number of benzene rings is 2. The monoisotopic (exact) mass is 374 g/mol. The molecule has 0 spiro atoms.